The van der Waals surface area contributed by atoms with E-state index in [0.717, 1.165) is 22.3 Å². The Morgan fingerprint density at radius 1 is 0.944 bits per heavy atom. The highest BCUT2D eigenvalue weighted by molar-refractivity contribution is 5.61. The minimum Gasteiger partial charge on any atom is -0.389 e. The summed E-state index contributed by atoms with van der Waals surface area (Å²) in [4.78, 5) is 0. The summed E-state index contributed by atoms with van der Waals surface area (Å²) in [5.41, 5.74) is 10.4. The summed E-state index contributed by atoms with van der Waals surface area (Å²) in [5.74, 6) is -0.310. The molecule has 4 aliphatic rings. The summed E-state index contributed by atoms with van der Waals surface area (Å²) in [6.45, 7) is 0. The van der Waals surface area contributed by atoms with Gasteiger partial charge in [0.1, 0.15) is 0 Å². The maximum Gasteiger partial charge on any atom is 0.0923 e. The Labute approximate surface area is 105 Å². The van der Waals surface area contributed by atoms with Gasteiger partial charge in [0.25, 0.3) is 0 Å². The fourth-order valence-electron chi connectivity index (χ4n) is 3.46. The van der Waals surface area contributed by atoms with Crippen molar-refractivity contribution in [3.8, 4) is 0 Å². The highest BCUT2D eigenvalue weighted by Crippen LogP contribution is 2.55. The molecule has 18 heavy (non-hydrogen) atoms. The standard InChI is InChI=1S/C16H12O2/c17-15-13-9-5-1-2-6-10(9)14(16(15)18)12-8-4-3-7-11(12)13/h1-3,5-7,13-18H/t13?,14-,15?,16?/m1/s1. The summed E-state index contributed by atoms with van der Waals surface area (Å²) < 4.78 is 0. The Balaban J connectivity index is 2.08. The Hall–Kier alpha value is -1.82. The minimum absolute atomic E-state index is 0.137. The van der Waals surface area contributed by atoms with Gasteiger partial charge in [0.05, 0.1) is 12.2 Å². The summed E-state index contributed by atoms with van der Waals surface area (Å²) in [7, 11) is 0. The molecule has 0 aliphatic heterocycles. The number of aliphatic hydroxyl groups excluding tert-OH is 2. The zero-order valence-corrected chi connectivity index (χ0v) is 9.67. The van der Waals surface area contributed by atoms with Crippen molar-refractivity contribution >= 4 is 0 Å². The molecule has 2 nitrogen and oxygen atoms in total. The molecule has 2 N–H and O–H groups in total. The van der Waals surface area contributed by atoms with Crippen LogP contribution >= 0.6 is 0 Å². The van der Waals surface area contributed by atoms with Crippen molar-refractivity contribution in [2.24, 2.45) is 0 Å². The van der Waals surface area contributed by atoms with E-state index in [-0.39, 0.29) is 11.8 Å². The van der Waals surface area contributed by atoms with E-state index in [4.69, 9.17) is 0 Å². The Kier molecular flexibility index (Phi) is 1.89. The van der Waals surface area contributed by atoms with Gasteiger partial charge in [0.2, 0.25) is 0 Å². The maximum absolute atomic E-state index is 10.3. The monoisotopic (exact) mass is 236 g/mol. The van der Waals surface area contributed by atoms with Crippen LogP contribution in [-0.2, 0) is 0 Å². The van der Waals surface area contributed by atoms with E-state index in [1.165, 1.54) is 0 Å². The second-order valence-electron chi connectivity index (χ2n) is 5.04. The normalized spacial score (nSPS) is 34.8. The molecule has 0 amide bonds. The van der Waals surface area contributed by atoms with Gasteiger partial charge in [0.15, 0.2) is 0 Å². The average Bonchev–Trinajstić information content (AvgIpc) is 2.42. The number of benzene rings is 1. The first-order chi connectivity index (χ1) is 8.79. The predicted octanol–water partition coefficient (Wildman–Crippen LogP) is 1.78. The average molecular weight is 236 g/mol. The van der Waals surface area contributed by atoms with Crippen molar-refractivity contribution in [2.45, 2.75) is 24.0 Å². The Morgan fingerprint density at radius 2 is 1.61 bits per heavy atom. The third kappa shape index (κ3) is 1.06. The molecule has 0 saturated heterocycles. The molecule has 2 bridgehead atoms. The molecule has 4 aliphatic carbocycles. The molecule has 0 aromatic heterocycles. The van der Waals surface area contributed by atoms with Crippen molar-refractivity contribution in [3.63, 3.8) is 0 Å². The van der Waals surface area contributed by atoms with Gasteiger partial charge >= 0.3 is 0 Å². The van der Waals surface area contributed by atoms with E-state index < -0.39 is 12.2 Å². The van der Waals surface area contributed by atoms with Crippen molar-refractivity contribution in [3.05, 3.63) is 70.2 Å². The van der Waals surface area contributed by atoms with Gasteiger partial charge in [-0.15, -0.1) is 0 Å². The Morgan fingerprint density at radius 3 is 2.39 bits per heavy atom. The van der Waals surface area contributed by atoms with Crippen LogP contribution in [0.15, 0.2) is 59.0 Å². The summed E-state index contributed by atoms with van der Waals surface area (Å²) in [5, 5.41) is 20.6. The second-order valence-corrected chi connectivity index (χ2v) is 5.04. The van der Waals surface area contributed by atoms with Gasteiger partial charge < -0.3 is 10.2 Å². The van der Waals surface area contributed by atoms with Crippen molar-refractivity contribution in [1.29, 1.82) is 0 Å². The molecule has 5 rings (SSSR count). The predicted molar refractivity (Wildman–Crippen MR) is 67.1 cm³/mol. The quantitative estimate of drug-likeness (QED) is 0.674. The van der Waals surface area contributed by atoms with Gasteiger partial charge in [-0.3, -0.25) is 0 Å². The van der Waals surface area contributed by atoms with E-state index in [1.807, 2.05) is 36.4 Å². The van der Waals surface area contributed by atoms with Gasteiger partial charge in [-0.05, 0) is 28.9 Å². The smallest absolute Gasteiger partial charge is 0.0923 e. The van der Waals surface area contributed by atoms with E-state index in [9.17, 15) is 10.2 Å². The first kappa shape index (κ1) is 10.1. The lowest BCUT2D eigenvalue weighted by Gasteiger charge is -2.47. The number of allylic oxidation sites excluding steroid dienone is 2. The molecule has 1 saturated carbocycles. The summed E-state index contributed by atoms with van der Waals surface area (Å²) in [6.07, 6.45) is 2.33. The molecule has 2 heteroatoms. The highest BCUT2D eigenvalue weighted by Gasteiger charge is 2.50. The zero-order chi connectivity index (χ0) is 12.3. The SMILES string of the molecule is OC1C2C3=CC=C=C=C3[C@@H](c3ccccc32)C1O. The van der Waals surface area contributed by atoms with E-state index in [0.29, 0.717) is 0 Å². The molecule has 0 spiro atoms. The molecule has 1 fully saturated rings. The maximum atomic E-state index is 10.3. The van der Waals surface area contributed by atoms with Gasteiger partial charge in [0, 0.05) is 17.4 Å². The molecule has 1 aromatic carbocycles. The van der Waals surface area contributed by atoms with E-state index in [2.05, 4.69) is 11.5 Å². The van der Waals surface area contributed by atoms with Crippen LogP contribution in [0.1, 0.15) is 23.0 Å². The Bertz CT molecular complexity index is 670. The van der Waals surface area contributed by atoms with Crippen LogP contribution in [0, 0.1) is 0 Å². The first-order valence-corrected chi connectivity index (χ1v) is 6.16. The fraction of sp³-hybridized carbons (Fsp3) is 0.250. The van der Waals surface area contributed by atoms with Crippen LogP contribution in [0.3, 0.4) is 0 Å². The van der Waals surface area contributed by atoms with Crippen molar-refractivity contribution in [1.82, 2.24) is 0 Å². The van der Waals surface area contributed by atoms with Crippen LogP contribution in [0.4, 0.5) is 0 Å². The topological polar surface area (TPSA) is 40.5 Å². The lowest BCUT2D eigenvalue weighted by Crippen LogP contribution is -2.48. The summed E-state index contributed by atoms with van der Waals surface area (Å²) >= 11 is 0. The third-order valence-electron chi connectivity index (χ3n) is 4.21. The second kappa shape index (κ2) is 3.35. The number of hydrogen-bond acceptors (Lipinski definition) is 2. The minimum atomic E-state index is -0.746. The number of fused-ring (bicyclic) bond motifs is 1. The van der Waals surface area contributed by atoms with Gasteiger partial charge in [-0.25, -0.2) is 0 Å². The number of rotatable bonds is 0. The van der Waals surface area contributed by atoms with Gasteiger partial charge in [-0.2, -0.15) is 0 Å². The molecule has 0 radical (unpaired) electrons. The molecular formula is C16H12O2. The lowest BCUT2D eigenvalue weighted by atomic mass is 9.59. The highest BCUT2D eigenvalue weighted by atomic mass is 16.3. The fourth-order valence-corrected chi connectivity index (χ4v) is 3.46. The number of hydrogen-bond donors (Lipinski definition) is 2. The largest absolute Gasteiger partial charge is 0.389 e. The molecular weight excluding hydrogens is 224 g/mol. The van der Waals surface area contributed by atoms with Gasteiger partial charge in [-0.1, -0.05) is 35.7 Å². The van der Waals surface area contributed by atoms with Crippen molar-refractivity contribution in [2.75, 3.05) is 0 Å². The summed E-state index contributed by atoms with van der Waals surface area (Å²) in [6, 6.07) is 8.04. The van der Waals surface area contributed by atoms with Crippen LogP contribution in [0.2, 0.25) is 0 Å². The molecule has 1 aromatic rings. The first-order valence-electron chi connectivity index (χ1n) is 6.16. The van der Waals surface area contributed by atoms with Crippen LogP contribution in [-0.4, -0.2) is 22.4 Å². The zero-order valence-electron chi connectivity index (χ0n) is 9.67. The molecule has 4 atom stereocenters. The molecule has 3 unspecified atom stereocenters. The molecule has 88 valence electrons. The van der Waals surface area contributed by atoms with Crippen LogP contribution in [0.25, 0.3) is 0 Å². The van der Waals surface area contributed by atoms with Crippen LogP contribution < -0.4 is 0 Å². The lowest BCUT2D eigenvalue weighted by molar-refractivity contribution is -0.0176. The third-order valence-corrected chi connectivity index (χ3v) is 4.21. The van der Waals surface area contributed by atoms with Crippen LogP contribution in [0.5, 0.6) is 0 Å². The van der Waals surface area contributed by atoms with E-state index in [1.54, 1.807) is 0 Å². The molecule has 0 heterocycles. The number of aliphatic hydroxyl groups is 2. The van der Waals surface area contributed by atoms with E-state index >= 15 is 0 Å². The van der Waals surface area contributed by atoms with Crippen molar-refractivity contribution < 1.29 is 10.2 Å².